The monoisotopic (exact) mass is 402 g/mol. The molecule has 10 nitrogen and oxygen atoms in total. The number of nitrogens with zero attached hydrogens (tertiary/aromatic N) is 4. The standard InChI is InChI=1S/C19H26N6O4/c1-3-24-11-14(16(23-24)18(27)21-13-7-5-4-6-8-13)22-17(26)12(2)25-15(19(28)29)9-10-20-25/h9-13H,3-8H2,1-2H3,(H,21,27)(H,22,26)(H,28,29). The third kappa shape index (κ3) is 4.64. The maximum Gasteiger partial charge on any atom is 0.354 e. The fraction of sp³-hybridized carbons (Fsp3) is 0.526. The van der Waals surface area contributed by atoms with E-state index >= 15 is 0 Å². The fourth-order valence-electron chi connectivity index (χ4n) is 3.48. The lowest BCUT2D eigenvalue weighted by Gasteiger charge is -2.22. The highest BCUT2D eigenvalue weighted by Gasteiger charge is 2.26. The number of hydrogen-bond acceptors (Lipinski definition) is 5. The second kappa shape index (κ2) is 8.89. The van der Waals surface area contributed by atoms with Gasteiger partial charge in [-0.1, -0.05) is 19.3 Å². The molecule has 1 unspecified atom stereocenters. The first-order chi connectivity index (χ1) is 13.9. The molecule has 0 aliphatic heterocycles. The van der Waals surface area contributed by atoms with Crippen molar-refractivity contribution in [3.8, 4) is 0 Å². The lowest BCUT2D eigenvalue weighted by atomic mass is 9.95. The van der Waals surface area contributed by atoms with Crippen molar-refractivity contribution in [3.63, 3.8) is 0 Å². The van der Waals surface area contributed by atoms with Crippen LogP contribution in [0.5, 0.6) is 0 Å². The van der Waals surface area contributed by atoms with Gasteiger partial charge in [-0.25, -0.2) is 9.48 Å². The van der Waals surface area contributed by atoms with E-state index in [-0.39, 0.29) is 23.3 Å². The van der Waals surface area contributed by atoms with Gasteiger partial charge >= 0.3 is 5.97 Å². The predicted molar refractivity (Wildman–Crippen MR) is 105 cm³/mol. The molecule has 0 aromatic carbocycles. The lowest BCUT2D eigenvalue weighted by molar-refractivity contribution is -0.119. The Morgan fingerprint density at radius 1 is 1.28 bits per heavy atom. The van der Waals surface area contributed by atoms with E-state index in [0.29, 0.717) is 12.2 Å². The molecule has 2 amide bonds. The second-order valence-corrected chi connectivity index (χ2v) is 7.19. The zero-order valence-corrected chi connectivity index (χ0v) is 16.6. The Kier molecular flexibility index (Phi) is 6.30. The van der Waals surface area contributed by atoms with Crippen LogP contribution in [-0.4, -0.2) is 48.5 Å². The largest absolute Gasteiger partial charge is 0.477 e. The lowest BCUT2D eigenvalue weighted by Crippen LogP contribution is -2.37. The van der Waals surface area contributed by atoms with Crippen LogP contribution in [0, 0.1) is 0 Å². The first kappa shape index (κ1) is 20.6. The quantitative estimate of drug-likeness (QED) is 0.650. The number of aryl methyl sites for hydroxylation is 1. The van der Waals surface area contributed by atoms with E-state index in [1.54, 1.807) is 17.8 Å². The van der Waals surface area contributed by atoms with Crippen molar-refractivity contribution in [2.24, 2.45) is 0 Å². The van der Waals surface area contributed by atoms with E-state index in [1.165, 1.54) is 18.7 Å². The highest BCUT2D eigenvalue weighted by atomic mass is 16.4. The molecule has 1 fully saturated rings. The Balaban J connectivity index is 1.76. The maximum atomic E-state index is 12.8. The van der Waals surface area contributed by atoms with Gasteiger partial charge in [0.25, 0.3) is 5.91 Å². The van der Waals surface area contributed by atoms with E-state index in [1.807, 2.05) is 6.92 Å². The molecule has 0 saturated heterocycles. The maximum absolute atomic E-state index is 12.8. The molecule has 0 spiro atoms. The Bertz CT molecular complexity index is 896. The molecule has 2 aromatic rings. The summed E-state index contributed by atoms with van der Waals surface area (Å²) < 4.78 is 2.70. The number of aromatic nitrogens is 4. The Hall–Kier alpha value is -3.17. The summed E-state index contributed by atoms with van der Waals surface area (Å²) in [5.74, 6) is -1.98. The van der Waals surface area contributed by atoms with E-state index in [9.17, 15) is 19.5 Å². The van der Waals surface area contributed by atoms with Crippen molar-refractivity contribution in [2.75, 3.05) is 5.32 Å². The van der Waals surface area contributed by atoms with E-state index in [4.69, 9.17) is 0 Å². The first-order valence-electron chi connectivity index (χ1n) is 9.86. The molecule has 1 atom stereocenters. The van der Waals surface area contributed by atoms with Crippen molar-refractivity contribution < 1.29 is 19.5 Å². The molecule has 0 bridgehead atoms. The van der Waals surface area contributed by atoms with Crippen LogP contribution in [0.4, 0.5) is 5.69 Å². The summed E-state index contributed by atoms with van der Waals surface area (Å²) in [6.45, 7) is 3.96. The molecule has 156 valence electrons. The number of carboxylic acid groups (broad SMARTS) is 1. The van der Waals surface area contributed by atoms with Gasteiger partial charge in [0.15, 0.2) is 5.69 Å². The number of nitrogens with one attached hydrogen (secondary N) is 2. The topological polar surface area (TPSA) is 131 Å². The number of carbonyl (C=O) groups is 3. The summed E-state index contributed by atoms with van der Waals surface area (Å²) in [5, 5.41) is 23.2. The third-order valence-electron chi connectivity index (χ3n) is 5.13. The molecule has 3 rings (SSSR count). The highest BCUT2D eigenvalue weighted by Crippen LogP contribution is 2.21. The Labute approximate surface area is 168 Å². The molecule has 2 aromatic heterocycles. The summed E-state index contributed by atoms with van der Waals surface area (Å²) >= 11 is 0. The van der Waals surface area contributed by atoms with Crippen LogP contribution in [0.3, 0.4) is 0 Å². The van der Waals surface area contributed by atoms with Crippen LogP contribution in [0.1, 0.15) is 73.0 Å². The fourth-order valence-corrected chi connectivity index (χ4v) is 3.48. The molecule has 1 saturated carbocycles. The summed E-state index contributed by atoms with van der Waals surface area (Å²) in [6, 6.07) is 0.563. The summed E-state index contributed by atoms with van der Waals surface area (Å²) in [7, 11) is 0. The van der Waals surface area contributed by atoms with Crippen molar-refractivity contribution in [2.45, 2.75) is 64.6 Å². The molecule has 10 heteroatoms. The highest BCUT2D eigenvalue weighted by molar-refractivity contribution is 6.03. The summed E-state index contributed by atoms with van der Waals surface area (Å²) in [5.41, 5.74) is 0.352. The van der Waals surface area contributed by atoms with Crippen LogP contribution in [0.25, 0.3) is 0 Å². The SMILES string of the molecule is CCn1cc(NC(=O)C(C)n2nccc2C(=O)O)c(C(=O)NC2CCCCC2)n1. The minimum Gasteiger partial charge on any atom is -0.477 e. The van der Waals surface area contributed by atoms with Crippen molar-refractivity contribution in [1.29, 1.82) is 0 Å². The van der Waals surface area contributed by atoms with Crippen LogP contribution in [0.15, 0.2) is 18.5 Å². The number of amides is 2. The molecular weight excluding hydrogens is 376 g/mol. The number of anilines is 1. The number of rotatable bonds is 7. The van der Waals surface area contributed by atoms with Gasteiger partial charge in [0.2, 0.25) is 5.91 Å². The van der Waals surface area contributed by atoms with Crippen molar-refractivity contribution in [3.05, 3.63) is 29.8 Å². The zero-order valence-electron chi connectivity index (χ0n) is 16.6. The van der Waals surface area contributed by atoms with E-state index in [0.717, 1.165) is 30.4 Å². The predicted octanol–water partition coefficient (Wildman–Crippen LogP) is 2.06. The smallest absolute Gasteiger partial charge is 0.354 e. The van der Waals surface area contributed by atoms with Gasteiger partial charge < -0.3 is 15.7 Å². The third-order valence-corrected chi connectivity index (χ3v) is 5.13. The average molecular weight is 402 g/mol. The minimum atomic E-state index is -1.17. The zero-order chi connectivity index (χ0) is 21.0. The van der Waals surface area contributed by atoms with Gasteiger partial charge in [0.05, 0.1) is 5.69 Å². The normalized spacial score (nSPS) is 15.7. The van der Waals surface area contributed by atoms with Crippen LogP contribution in [-0.2, 0) is 11.3 Å². The molecule has 2 heterocycles. The molecule has 0 radical (unpaired) electrons. The van der Waals surface area contributed by atoms with Crippen LogP contribution >= 0.6 is 0 Å². The molecule has 1 aliphatic rings. The minimum absolute atomic E-state index is 0.0906. The van der Waals surface area contributed by atoms with E-state index in [2.05, 4.69) is 20.8 Å². The van der Waals surface area contributed by atoms with Gasteiger partial charge in [-0.3, -0.25) is 14.3 Å². The summed E-state index contributed by atoms with van der Waals surface area (Å²) in [6.07, 6.45) is 8.16. The number of hydrogen-bond donors (Lipinski definition) is 3. The Morgan fingerprint density at radius 2 is 2.00 bits per heavy atom. The Morgan fingerprint density at radius 3 is 2.66 bits per heavy atom. The molecule has 3 N–H and O–H groups in total. The van der Waals surface area contributed by atoms with Gasteiger partial charge in [0.1, 0.15) is 11.7 Å². The van der Waals surface area contributed by atoms with Crippen LogP contribution < -0.4 is 10.6 Å². The van der Waals surface area contributed by atoms with Gasteiger partial charge in [-0.05, 0) is 32.8 Å². The molecule has 1 aliphatic carbocycles. The number of aromatic carboxylic acids is 1. The van der Waals surface area contributed by atoms with Gasteiger partial charge in [0, 0.05) is 25.0 Å². The molecule has 29 heavy (non-hydrogen) atoms. The van der Waals surface area contributed by atoms with Crippen molar-refractivity contribution >= 4 is 23.5 Å². The van der Waals surface area contributed by atoms with Crippen molar-refractivity contribution in [1.82, 2.24) is 24.9 Å². The van der Waals surface area contributed by atoms with Gasteiger partial charge in [-0.15, -0.1) is 0 Å². The average Bonchev–Trinajstić information content (AvgIpc) is 3.35. The van der Waals surface area contributed by atoms with Gasteiger partial charge in [-0.2, -0.15) is 10.2 Å². The summed E-state index contributed by atoms with van der Waals surface area (Å²) in [4.78, 5) is 36.8. The van der Waals surface area contributed by atoms with Crippen LogP contribution in [0.2, 0.25) is 0 Å². The van der Waals surface area contributed by atoms with E-state index < -0.39 is 17.9 Å². The number of carboxylic acids is 1. The molecular formula is C19H26N6O4. The second-order valence-electron chi connectivity index (χ2n) is 7.19. The number of carbonyl (C=O) groups excluding carboxylic acids is 2. The first-order valence-corrected chi connectivity index (χ1v) is 9.86.